The van der Waals surface area contributed by atoms with Crippen molar-refractivity contribution in [3.8, 4) is 0 Å². The summed E-state index contributed by atoms with van der Waals surface area (Å²) in [5, 5.41) is 23.4. The van der Waals surface area contributed by atoms with Gasteiger partial charge in [-0.15, -0.1) is 0 Å². The van der Waals surface area contributed by atoms with E-state index in [1.54, 1.807) is 12.1 Å². The Morgan fingerprint density at radius 3 is 2.83 bits per heavy atom. The topological polar surface area (TPSA) is 94.5 Å². The number of amides is 1. The van der Waals surface area contributed by atoms with Crippen LogP contribution in [0.5, 0.6) is 0 Å². The van der Waals surface area contributed by atoms with Gasteiger partial charge in [-0.25, -0.2) is 4.39 Å². The number of nitrogens with one attached hydrogen (secondary N) is 2. The molecule has 1 aromatic carbocycles. The van der Waals surface area contributed by atoms with E-state index in [2.05, 4.69) is 15.6 Å². The molecule has 1 heterocycles. The zero-order chi connectivity index (χ0) is 16.8. The summed E-state index contributed by atoms with van der Waals surface area (Å²) in [5.41, 5.74) is 0.814. The third kappa shape index (κ3) is 4.85. The number of nitrogens with zero attached hydrogens (tertiary/aromatic N) is 1. The zero-order valence-electron chi connectivity index (χ0n) is 12.0. The molecule has 2 aromatic rings. The summed E-state index contributed by atoms with van der Waals surface area (Å²) in [6.45, 7) is -0.537. The molecular weight excluding hydrogens is 416 g/mol. The minimum absolute atomic E-state index is 0.0883. The fourth-order valence-corrected chi connectivity index (χ4v) is 2.25. The highest BCUT2D eigenvalue weighted by Crippen LogP contribution is 2.23. The number of halogens is 2. The van der Waals surface area contributed by atoms with Gasteiger partial charge in [0.2, 0.25) is 0 Å². The Kier molecular flexibility index (Phi) is 6.25. The van der Waals surface area contributed by atoms with Crippen LogP contribution in [0.3, 0.4) is 0 Å². The average molecular weight is 431 g/mol. The minimum atomic E-state index is -1.04. The molecule has 1 aromatic heterocycles. The predicted molar refractivity (Wildman–Crippen MR) is 92.1 cm³/mol. The van der Waals surface area contributed by atoms with Gasteiger partial charge in [0.15, 0.2) is 0 Å². The fraction of sp³-hybridized carbons (Fsp3) is 0.200. The van der Waals surface area contributed by atoms with E-state index in [1.165, 1.54) is 24.5 Å². The van der Waals surface area contributed by atoms with Crippen molar-refractivity contribution in [3.05, 3.63) is 51.6 Å². The van der Waals surface area contributed by atoms with Crippen molar-refractivity contribution in [1.82, 2.24) is 10.3 Å². The highest BCUT2D eigenvalue weighted by molar-refractivity contribution is 14.1. The lowest BCUT2D eigenvalue weighted by Crippen LogP contribution is -2.34. The van der Waals surface area contributed by atoms with Gasteiger partial charge in [0.25, 0.3) is 5.91 Å². The summed E-state index contributed by atoms with van der Waals surface area (Å²) < 4.78 is 14.7. The maximum atomic E-state index is 13.9. The quantitative estimate of drug-likeness (QED) is 0.522. The van der Waals surface area contributed by atoms with Crippen LogP contribution in [0.15, 0.2) is 36.7 Å². The van der Waals surface area contributed by atoms with Crippen LogP contribution >= 0.6 is 22.6 Å². The van der Waals surface area contributed by atoms with E-state index >= 15 is 0 Å². The van der Waals surface area contributed by atoms with E-state index in [-0.39, 0.29) is 17.8 Å². The molecule has 6 nitrogen and oxygen atoms in total. The number of pyridine rings is 1. The van der Waals surface area contributed by atoms with Gasteiger partial charge >= 0.3 is 0 Å². The van der Waals surface area contributed by atoms with Crippen molar-refractivity contribution >= 4 is 39.9 Å². The molecule has 8 heteroatoms. The second kappa shape index (κ2) is 8.18. The van der Waals surface area contributed by atoms with Crippen molar-refractivity contribution < 1.29 is 19.4 Å². The van der Waals surface area contributed by atoms with E-state index in [0.29, 0.717) is 5.69 Å². The minimum Gasteiger partial charge on any atom is -0.394 e. The monoisotopic (exact) mass is 431 g/mol. The maximum Gasteiger partial charge on any atom is 0.253 e. The molecule has 0 bridgehead atoms. The Bertz CT molecular complexity index is 699. The molecule has 23 heavy (non-hydrogen) atoms. The summed E-state index contributed by atoms with van der Waals surface area (Å²) in [6.07, 6.45) is 1.81. The molecule has 0 aliphatic carbocycles. The molecule has 0 fully saturated rings. The summed E-state index contributed by atoms with van der Waals surface area (Å²) in [6, 6.07) is 6.16. The molecule has 0 saturated heterocycles. The van der Waals surface area contributed by atoms with Crippen molar-refractivity contribution in [2.24, 2.45) is 0 Å². The smallest absolute Gasteiger partial charge is 0.253 e. The van der Waals surface area contributed by atoms with Gasteiger partial charge in [-0.1, -0.05) is 0 Å². The molecule has 122 valence electrons. The SMILES string of the molecule is O=C(NC[C@@H](O)CO)c1ccncc1Nc1ccc(I)cc1F. The lowest BCUT2D eigenvalue weighted by Gasteiger charge is -2.13. The molecule has 4 N–H and O–H groups in total. The molecule has 0 spiro atoms. The first-order valence-electron chi connectivity index (χ1n) is 6.74. The molecule has 0 unspecified atom stereocenters. The number of anilines is 2. The Morgan fingerprint density at radius 2 is 2.13 bits per heavy atom. The number of aliphatic hydroxyl groups excluding tert-OH is 2. The zero-order valence-corrected chi connectivity index (χ0v) is 14.1. The summed E-state index contributed by atoms with van der Waals surface area (Å²) in [4.78, 5) is 16.1. The summed E-state index contributed by atoms with van der Waals surface area (Å²) >= 11 is 2.00. The van der Waals surface area contributed by atoms with Gasteiger partial charge in [-0.05, 0) is 46.9 Å². The fourth-order valence-electron chi connectivity index (χ4n) is 1.80. The van der Waals surface area contributed by atoms with Crippen LogP contribution < -0.4 is 10.6 Å². The van der Waals surface area contributed by atoms with Crippen LogP contribution in [0.25, 0.3) is 0 Å². The summed E-state index contributed by atoms with van der Waals surface area (Å²) in [7, 11) is 0. The first kappa shape index (κ1) is 17.6. The van der Waals surface area contributed by atoms with Gasteiger partial charge in [0.05, 0.1) is 35.8 Å². The Labute approximate surface area is 145 Å². The lowest BCUT2D eigenvalue weighted by atomic mass is 10.2. The van der Waals surface area contributed by atoms with Gasteiger partial charge in [-0.3, -0.25) is 9.78 Å². The van der Waals surface area contributed by atoms with Crippen molar-refractivity contribution in [2.75, 3.05) is 18.5 Å². The van der Waals surface area contributed by atoms with Crippen molar-refractivity contribution in [3.63, 3.8) is 0 Å². The number of rotatable bonds is 6. The van der Waals surface area contributed by atoms with Gasteiger partial charge in [0, 0.05) is 16.3 Å². The molecule has 0 aliphatic heterocycles. The van der Waals surface area contributed by atoms with Crippen LogP contribution in [-0.4, -0.2) is 40.4 Å². The molecule has 0 radical (unpaired) electrons. The molecule has 2 rings (SSSR count). The number of benzene rings is 1. The van der Waals surface area contributed by atoms with Gasteiger partial charge in [-0.2, -0.15) is 0 Å². The average Bonchev–Trinajstić information content (AvgIpc) is 2.55. The molecular formula is C15H15FIN3O3. The molecule has 0 aliphatic rings. The molecule has 0 saturated carbocycles. The van der Waals surface area contributed by atoms with E-state index in [0.717, 1.165) is 3.57 Å². The van der Waals surface area contributed by atoms with E-state index in [9.17, 15) is 14.3 Å². The molecule has 1 amide bonds. The van der Waals surface area contributed by atoms with Crippen molar-refractivity contribution in [2.45, 2.75) is 6.10 Å². The number of aliphatic hydroxyl groups is 2. The number of aromatic nitrogens is 1. The lowest BCUT2D eigenvalue weighted by molar-refractivity contribution is 0.0802. The first-order chi connectivity index (χ1) is 11.0. The standard InChI is InChI=1S/C15H15FIN3O3/c16-12-5-9(17)1-2-13(12)20-14-7-18-4-3-11(14)15(23)19-6-10(22)8-21/h1-5,7,10,20-22H,6,8H2,(H,19,23)/t10-/m1/s1. The number of carbonyl (C=O) groups excluding carboxylic acids is 1. The molecule has 1 atom stereocenters. The van der Waals surface area contributed by atoms with Crippen molar-refractivity contribution in [1.29, 1.82) is 0 Å². The third-order valence-corrected chi connectivity index (χ3v) is 3.65. The first-order valence-corrected chi connectivity index (χ1v) is 7.82. The van der Waals surface area contributed by atoms with Gasteiger partial charge in [0.1, 0.15) is 5.82 Å². The van der Waals surface area contributed by atoms with Crippen LogP contribution in [0.2, 0.25) is 0 Å². The largest absolute Gasteiger partial charge is 0.394 e. The van der Waals surface area contributed by atoms with Crippen LogP contribution in [-0.2, 0) is 0 Å². The Balaban J connectivity index is 2.18. The maximum absolute atomic E-state index is 13.9. The van der Waals surface area contributed by atoms with Crippen LogP contribution in [0.4, 0.5) is 15.8 Å². The predicted octanol–water partition coefficient (Wildman–Crippen LogP) is 1.65. The summed E-state index contributed by atoms with van der Waals surface area (Å²) in [5.74, 6) is -0.906. The second-order valence-electron chi connectivity index (χ2n) is 4.72. The number of hydrogen-bond acceptors (Lipinski definition) is 5. The van der Waals surface area contributed by atoms with E-state index < -0.39 is 24.4 Å². The second-order valence-corrected chi connectivity index (χ2v) is 5.96. The Hall–Kier alpha value is -1.78. The normalized spacial score (nSPS) is 11.8. The van der Waals surface area contributed by atoms with E-state index in [4.69, 9.17) is 5.11 Å². The Morgan fingerprint density at radius 1 is 1.35 bits per heavy atom. The van der Waals surface area contributed by atoms with Crippen LogP contribution in [0, 0.1) is 9.39 Å². The highest BCUT2D eigenvalue weighted by Gasteiger charge is 2.14. The third-order valence-electron chi connectivity index (χ3n) is 2.98. The number of carbonyl (C=O) groups is 1. The highest BCUT2D eigenvalue weighted by atomic mass is 127. The number of hydrogen-bond donors (Lipinski definition) is 4. The van der Waals surface area contributed by atoms with Crippen LogP contribution in [0.1, 0.15) is 10.4 Å². The van der Waals surface area contributed by atoms with Gasteiger partial charge < -0.3 is 20.8 Å². The van der Waals surface area contributed by atoms with E-state index in [1.807, 2.05) is 22.6 Å².